The second-order valence-corrected chi connectivity index (χ2v) is 8.05. The van der Waals surface area contributed by atoms with E-state index in [-0.39, 0.29) is 11.9 Å². The molecule has 1 aliphatic carbocycles. The smallest absolute Gasteiger partial charge is 0.311 e. The first-order valence-corrected chi connectivity index (χ1v) is 10.7. The van der Waals surface area contributed by atoms with Crippen molar-refractivity contribution in [1.29, 1.82) is 0 Å². The molecule has 0 radical (unpaired) electrons. The molecule has 0 spiro atoms. The molecule has 0 bridgehead atoms. The molecular formula is C20H29N7O3. The van der Waals surface area contributed by atoms with Crippen molar-refractivity contribution in [3.05, 3.63) is 18.5 Å². The van der Waals surface area contributed by atoms with E-state index in [1.54, 1.807) is 23.4 Å². The van der Waals surface area contributed by atoms with Crippen molar-refractivity contribution >= 4 is 23.7 Å². The van der Waals surface area contributed by atoms with Gasteiger partial charge in [-0.15, -0.1) is 0 Å². The van der Waals surface area contributed by atoms with Crippen LogP contribution in [0.4, 0.5) is 5.95 Å². The van der Waals surface area contributed by atoms with E-state index < -0.39 is 11.8 Å². The highest BCUT2D eigenvalue weighted by molar-refractivity contribution is 6.35. The summed E-state index contributed by atoms with van der Waals surface area (Å²) in [6.45, 7) is 5.94. The summed E-state index contributed by atoms with van der Waals surface area (Å²) < 4.78 is 0. The zero-order valence-corrected chi connectivity index (χ0v) is 17.2. The number of hydrogen-bond acceptors (Lipinski definition) is 7. The molecule has 1 N–H and O–H groups in total. The van der Waals surface area contributed by atoms with Crippen LogP contribution in [-0.2, 0) is 14.4 Å². The van der Waals surface area contributed by atoms with E-state index in [0.29, 0.717) is 58.2 Å². The van der Waals surface area contributed by atoms with Crippen molar-refractivity contribution in [2.24, 2.45) is 0 Å². The molecule has 10 nitrogen and oxygen atoms in total. The van der Waals surface area contributed by atoms with Crippen molar-refractivity contribution < 1.29 is 14.4 Å². The lowest BCUT2D eigenvalue weighted by molar-refractivity contribution is -0.147. The maximum Gasteiger partial charge on any atom is 0.311 e. The summed E-state index contributed by atoms with van der Waals surface area (Å²) in [5, 5.41) is 2.75. The Balaban J connectivity index is 1.14. The fraction of sp³-hybridized carbons (Fsp3) is 0.650. The summed E-state index contributed by atoms with van der Waals surface area (Å²) in [6.07, 6.45) is 5.86. The molecule has 10 heteroatoms. The van der Waals surface area contributed by atoms with E-state index in [4.69, 9.17) is 0 Å². The Kier molecular flexibility index (Phi) is 6.41. The monoisotopic (exact) mass is 415 g/mol. The Morgan fingerprint density at radius 1 is 0.900 bits per heavy atom. The Bertz CT molecular complexity index is 755. The van der Waals surface area contributed by atoms with Crippen LogP contribution in [0.2, 0.25) is 0 Å². The molecule has 1 saturated carbocycles. The quantitative estimate of drug-likeness (QED) is 0.612. The number of nitrogens with one attached hydrogen (secondary N) is 1. The van der Waals surface area contributed by atoms with Crippen LogP contribution in [0.5, 0.6) is 0 Å². The van der Waals surface area contributed by atoms with E-state index in [9.17, 15) is 14.4 Å². The Labute approximate surface area is 176 Å². The topological polar surface area (TPSA) is 102 Å². The van der Waals surface area contributed by atoms with Gasteiger partial charge in [-0.25, -0.2) is 9.97 Å². The molecule has 3 heterocycles. The van der Waals surface area contributed by atoms with E-state index in [0.717, 1.165) is 25.9 Å². The van der Waals surface area contributed by atoms with Crippen molar-refractivity contribution in [3.63, 3.8) is 0 Å². The summed E-state index contributed by atoms with van der Waals surface area (Å²) in [6, 6.07) is 1.98. The van der Waals surface area contributed by atoms with Crippen LogP contribution in [0.25, 0.3) is 0 Å². The van der Waals surface area contributed by atoms with Gasteiger partial charge in [-0.2, -0.15) is 0 Å². The highest BCUT2D eigenvalue weighted by Crippen LogP contribution is 2.18. The Morgan fingerprint density at radius 3 is 2.17 bits per heavy atom. The van der Waals surface area contributed by atoms with Crippen LogP contribution in [0.1, 0.15) is 19.3 Å². The van der Waals surface area contributed by atoms with Gasteiger partial charge in [0.15, 0.2) is 0 Å². The van der Waals surface area contributed by atoms with Crippen LogP contribution < -0.4 is 10.2 Å². The van der Waals surface area contributed by atoms with Crippen LogP contribution >= 0.6 is 0 Å². The zero-order valence-electron chi connectivity index (χ0n) is 17.2. The van der Waals surface area contributed by atoms with Gasteiger partial charge in [0, 0.05) is 83.8 Å². The van der Waals surface area contributed by atoms with Crippen molar-refractivity contribution in [2.45, 2.75) is 25.3 Å². The molecule has 1 aromatic heterocycles. The zero-order chi connectivity index (χ0) is 20.9. The average Bonchev–Trinajstić information content (AvgIpc) is 3.62. The molecular weight excluding hydrogens is 386 g/mol. The Hall–Kier alpha value is -2.75. The van der Waals surface area contributed by atoms with Crippen LogP contribution in [-0.4, -0.2) is 107 Å². The first-order valence-electron chi connectivity index (χ1n) is 10.7. The third-order valence-electron chi connectivity index (χ3n) is 5.88. The van der Waals surface area contributed by atoms with Crippen molar-refractivity contribution in [1.82, 2.24) is 30.0 Å². The number of amides is 3. The van der Waals surface area contributed by atoms with Crippen molar-refractivity contribution in [3.8, 4) is 0 Å². The van der Waals surface area contributed by atoms with Gasteiger partial charge >= 0.3 is 11.8 Å². The molecule has 0 aromatic carbocycles. The minimum atomic E-state index is -0.485. The van der Waals surface area contributed by atoms with Crippen LogP contribution in [0.15, 0.2) is 18.5 Å². The predicted octanol–water partition coefficient (Wildman–Crippen LogP) is -1.06. The predicted molar refractivity (Wildman–Crippen MR) is 110 cm³/mol. The molecule has 162 valence electrons. The van der Waals surface area contributed by atoms with Gasteiger partial charge in [0.05, 0.1) is 0 Å². The maximum absolute atomic E-state index is 12.6. The molecule has 2 saturated heterocycles. The normalized spacial score (nSPS) is 20.2. The van der Waals surface area contributed by atoms with E-state index in [2.05, 4.69) is 25.1 Å². The molecule has 1 aromatic rings. The van der Waals surface area contributed by atoms with Gasteiger partial charge in [0.2, 0.25) is 11.9 Å². The Morgan fingerprint density at radius 2 is 1.53 bits per heavy atom. The summed E-state index contributed by atoms with van der Waals surface area (Å²) in [5.41, 5.74) is 0. The first-order chi connectivity index (χ1) is 14.6. The second kappa shape index (κ2) is 9.38. The van der Waals surface area contributed by atoms with Gasteiger partial charge in [-0.3, -0.25) is 19.3 Å². The standard InChI is InChI=1S/C20H29N7O3/c28-17(25-12-14-27(15-13-25)20-21-5-1-6-22-20)4-7-24-8-10-26(11-9-24)19(30)18(29)23-16-2-3-16/h1,5-6,16H,2-4,7-15H2,(H,23,29). The van der Waals surface area contributed by atoms with Crippen LogP contribution in [0, 0.1) is 0 Å². The van der Waals surface area contributed by atoms with Gasteiger partial charge < -0.3 is 20.0 Å². The number of carbonyl (C=O) groups excluding carboxylic acids is 3. The number of piperazine rings is 2. The number of aromatic nitrogens is 2. The number of anilines is 1. The molecule has 3 amide bonds. The lowest BCUT2D eigenvalue weighted by Gasteiger charge is -2.36. The largest absolute Gasteiger partial charge is 0.345 e. The SMILES string of the molecule is O=C(NC1CC1)C(=O)N1CCN(CCC(=O)N2CCN(c3ncccn3)CC2)CC1. The summed E-state index contributed by atoms with van der Waals surface area (Å²) in [5.74, 6) is -0.0483. The van der Waals surface area contributed by atoms with Gasteiger partial charge in [0.25, 0.3) is 0 Å². The summed E-state index contributed by atoms with van der Waals surface area (Å²) >= 11 is 0. The summed E-state index contributed by atoms with van der Waals surface area (Å²) in [7, 11) is 0. The van der Waals surface area contributed by atoms with Crippen LogP contribution in [0.3, 0.4) is 0 Å². The number of carbonyl (C=O) groups is 3. The molecule has 3 fully saturated rings. The fourth-order valence-electron chi connectivity index (χ4n) is 3.82. The van der Waals surface area contributed by atoms with Gasteiger partial charge in [-0.05, 0) is 18.9 Å². The lowest BCUT2D eigenvalue weighted by atomic mass is 10.2. The first kappa shape index (κ1) is 20.5. The second-order valence-electron chi connectivity index (χ2n) is 8.05. The number of hydrogen-bond donors (Lipinski definition) is 1. The van der Waals surface area contributed by atoms with E-state index in [1.807, 2.05) is 4.90 Å². The van der Waals surface area contributed by atoms with E-state index in [1.165, 1.54) is 0 Å². The third-order valence-corrected chi connectivity index (χ3v) is 5.88. The minimum absolute atomic E-state index is 0.158. The molecule has 2 aliphatic heterocycles. The average molecular weight is 415 g/mol. The molecule has 30 heavy (non-hydrogen) atoms. The third kappa shape index (κ3) is 5.24. The van der Waals surface area contributed by atoms with Gasteiger partial charge in [0.1, 0.15) is 0 Å². The fourth-order valence-corrected chi connectivity index (χ4v) is 3.82. The number of nitrogens with zero attached hydrogens (tertiary/aromatic N) is 6. The molecule has 4 rings (SSSR count). The minimum Gasteiger partial charge on any atom is -0.345 e. The highest BCUT2D eigenvalue weighted by Gasteiger charge is 2.31. The van der Waals surface area contributed by atoms with E-state index >= 15 is 0 Å². The molecule has 3 aliphatic rings. The molecule has 0 atom stereocenters. The highest BCUT2D eigenvalue weighted by atomic mass is 16.2. The maximum atomic E-state index is 12.6. The lowest BCUT2D eigenvalue weighted by Crippen LogP contribution is -2.53. The van der Waals surface area contributed by atoms with Crippen molar-refractivity contribution in [2.75, 3.05) is 63.8 Å². The van der Waals surface area contributed by atoms with Gasteiger partial charge in [-0.1, -0.05) is 0 Å². The molecule has 0 unspecified atom stereocenters. The number of rotatable bonds is 5. The summed E-state index contributed by atoms with van der Waals surface area (Å²) in [4.78, 5) is 53.0.